The summed E-state index contributed by atoms with van der Waals surface area (Å²) in [5.41, 5.74) is 16.9. The van der Waals surface area contributed by atoms with Crippen molar-refractivity contribution in [1.82, 2.24) is 9.55 Å². The number of rotatable bonds is 5. The van der Waals surface area contributed by atoms with Crippen LogP contribution in [0.1, 0.15) is 22.6 Å². The van der Waals surface area contributed by atoms with Crippen LogP contribution in [0.5, 0.6) is 0 Å². The highest BCUT2D eigenvalue weighted by atomic mass is 32.1. The first-order valence-electron chi connectivity index (χ1n) is 20.1. The first-order valence-corrected chi connectivity index (χ1v) is 20.9. The minimum Gasteiger partial charge on any atom is -0.308 e. The number of nitrogens with zero attached hydrogens (tertiary/aromatic N) is 2. The number of para-hydroxylation sites is 2. The van der Waals surface area contributed by atoms with Crippen molar-refractivity contribution in [2.75, 3.05) is 0 Å². The van der Waals surface area contributed by atoms with E-state index in [0.29, 0.717) is 0 Å². The Bertz CT molecular complexity index is 3260. The first kappa shape index (κ1) is 33.1. The number of pyridine rings is 1. The molecule has 0 radical (unpaired) electrons. The van der Waals surface area contributed by atoms with Gasteiger partial charge in [0.1, 0.15) is 0 Å². The second-order valence-electron chi connectivity index (χ2n) is 15.4. The lowest BCUT2D eigenvalue weighted by Crippen LogP contribution is -2.15. The summed E-state index contributed by atoms with van der Waals surface area (Å²) in [6.45, 7) is 0. The van der Waals surface area contributed by atoms with Crippen LogP contribution in [-0.4, -0.2) is 9.55 Å². The minimum absolute atomic E-state index is 0.107. The summed E-state index contributed by atoms with van der Waals surface area (Å²) in [6.07, 6.45) is 0.908. The molecule has 0 N–H and O–H groups in total. The van der Waals surface area contributed by atoms with Crippen LogP contribution in [0.15, 0.2) is 200 Å². The maximum atomic E-state index is 5.40. The molecular formula is C55H36N2S. The van der Waals surface area contributed by atoms with Crippen molar-refractivity contribution < 1.29 is 0 Å². The molecule has 58 heavy (non-hydrogen) atoms. The Hall–Kier alpha value is -7.07. The standard InChI is InChI=1S/C55H36N2S/c1-3-17-35(18-4-1)47-32-38(33-48(56-47)36-19-5-2-6-20-36)53-46(45-31-37-21-7-8-22-39(37)40-23-9-10-24-41(40)45)34-52-54(44-27-13-16-30-51(44)58-52)55(53)57-49-28-14-11-25-42(49)43-26-12-15-29-50(43)57/h1-30,32-34,45H,31H2. The van der Waals surface area contributed by atoms with Gasteiger partial charge in [-0.2, -0.15) is 0 Å². The molecule has 0 saturated heterocycles. The van der Waals surface area contributed by atoms with Crippen LogP contribution in [0.3, 0.4) is 0 Å². The van der Waals surface area contributed by atoms with Crippen LogP contribution in [0, 0.1) is 0 Å². The van der Waals surface area contributed by atoms with E-state index < -0.39 is 0 Å². The quantitative estimate of drug-likeness (QED) is 0.171. The number of hydrogen-bond acceptors (Lipinski definition) is 2. The molecule has 3 heterocycles. The van der Waals surface area contributed by atoms with Crippen LogP contribution in [0.4, 0.5) is 0 Å². The number of aromatic nitrogens is 2. The summed E-state index contributed by atoms with van der Waals surface area (Å²) in [6, 6.07) is 73.5. The van der Waals surface area contributed by atoms with E-state index in [0.717, 1.165) is 34.5 Å². The third kappa shape index (κ3) is 5.14. The van der Waals surface area contributed by atoms with E-state index >= 15 is 0 Å². The summed E-state index contributed by atoms with van der Waals surface area (Å²) in [5, 5.41) is 5.07. The smallest absolute Gasteiger partial charge is 0.0715 e. The third-order valence-corrected chi connectivity index (χ3v) is 13.3. The molecule has 1 aliphatic rings. The average Bonchev–Trinajstić information content (AvgIpc) is 3.84. The summed E-state index contributed by atoms with van der Waals surface area (Å²) in [5.74, 6) is 0.107. The Kier molecular flexibility index (Phi) is 7.57. The predicted molar refractivity (Wildman–Crippen MR) is 245 cm³/mol. The normalized spacial score (nSPS) is 13.6. The van der Waals surface area contributed by atoms with E-state index in [9.17, 15) is 0 Å². The van der Waals surface area contributed by atoms with Gasteiger partial charge < -0.3 is 4.57 Å². The number of fused-ring (bicyclic) bond motifs is 9. The van der Waals surface area contributed by atoms with Gasteiger partial charge in [0.15, 0.2) is 0 Å². The second-order valence-corrected chi connectivity index (χ2v) is 16.5. The number of hydrogen-bond donors (Lipinski definition) is 0. The highest BCUT2D eigenvalue weighted by Gasteiger charge is 2.32. The van der Waals surface area contributed by atoms with Gasteiger partial charge in [0.2, 0.25) is 0 Å². The van der Waals surface area contributed by atoms with Gasteiger partial charge in [-0.05, 0) is 76.2 Å². The Morgan fingerprint density at radius 1 is 0.448 bits per heavy atom. The van der Waals surface area contributed by atoms with Crippen molar-refractivity contribution in [2.24, 2.45) is 0 Å². The van der Waals surface area contributed by atoms with Crippen molar-refractivity contribution in [3.8, 4) is 50.5 Å². The molecule has 1 unspecified atom stereocenters. The van der Waals surface area contributed by atoms with Gasteiger partial charge in [-0.1, -0.05) is 164 Å². The molecule has 3 heteroatoms. The Labute approximate surface area is 341 Å². The largest absolute Gasteiger partial charge is 0.308 e. The fourth-order valence-corrected chi connectivity index (χ4v) is 10.8. The summed E-state index contributed by atoms with van der Waals surface area (Å²) in [4.78, 5) is 5.40. The second kappa shape index (κ2) is 13.3. The molecule has 0 amide bonds. The predicted octanol–water partition coefficient (Wildman–Crippen LogP) is 14.9. The van der Waals surface area contributed by atoms with E-state index in [1.165, 1.54) is 81.0 Å². The van der Waals surface area contributed by atoms with Gasteiger partial charge in [-0.15, -0.1) is 11.3 Å². The zero-order chi connectivity index (χ0) is 38.2. The fraction of sp³-hybridized carbons (Fsp3) is 0.0364. The monoisotopic (exact) mass is 756 g/mol. The molecule has 0 bridgehead atoms. The molecule has 11 aromatic rings. The van der Waals surface area contributed by atoms with Crippen LogP contribution >= 0.6 is 11.3 Å². The van der Waals surface area contributed by atoms with Gasteiger partial charge in [-0.25, -0.2) is 4.98 Å². The molecule has 12 rings (SSSR count). The zero-order valence-corrected chi connectivity index (χ0v) is 32.5. The van der Waals surface area contributed by atoms with Crippen LogP contribution in [0.25, 0.3) is 92.4 Å². The topological polar surface area (TPSA) is 17.8 Å². The lowest BCUT2D eigenvalue weighted by molar-refractivity contribution is 0.796. The number of thiophene rings is 1. The van der Waals surface area contributed by atoms with Crippen molar-refractivity contribution in [2.45, 2.75) is 12.3 Å². The Morgan fingerprint density at radius 3 is 1.69 bits per heavy atom. The maximum Gasteiger partial charge on any atom is 0.0715 e. The van der Waals surface area contributed by atoms with Crippen molar-refractivity contribution in [3.63, 3.8) is 0 Å². The minimum atomic E-state index is 0.107. The SMILES string of the molecule is c1ccc(-c2cc(-c3c(C4Cc5ccccc5-c5ccccc54)cc4sc5ccccc5c4c3-n3c4ccccc4c4ccccc43)cc(-c3ccccc3)n2)cc1. The molecule has 1 aliphatic carbocycles. The summed E-state index contributed by atoms with van der Waals surface area (Å²) >= 11 is 1.91. The van der Waals surface area contributed by atoms with E-state index in [-0.39, 0.29) is 5.92 Å². The van der Waals surface area contributed by atoms with Crippen molar-refractivity contribution in [3.05, 3.63) is 217 Å². The molecule has 0 aliphatic heterocycles. The fourth-order valence-electron chi connectivity index (χ4n) is 9.65. The van der Waals surface area contributed by atoms with Crippen LogP contribution < -0.4 is 0 Å². The Morgan fingerprint density at radius 2 is 1.00 bits per heavy atom. The van der Waals surface area contributed by atoms with E-state index in [1.807, 2.05) is 11.3 Å². The molecule has 1 atom stereocenters. The van der Waals surface area contributed by atoms with Crippen LogP contribution in [-0.2, 0) is 6.42 Å². The summed E-state index contributed by atoms with van der Waals surface area (Å²) in [7, 11) is 0. The van der Waals surface area contributed by atoms with Crippen LogP contribution in [0.2, 0.25) is 0 Å². The highest BCUT2D eigenvalue weighted by Crippen LogP contribution is 2.52. The van der Waals surface area contributed by atoms with Gasteiger partial charge in [0.25, 0.3) is 0 Å². The van der Waals surface area contributed by atoms with E-state index in [2.05, 4.69) is 205 Å². The van der Waals surface area contributed by atoms with Gasteiger partial charge in [-0.3, -0.25) is 0 Å². The summed E-state index contributed by atoms with van der Waals surface area (Å²) < 4.78 is 5.17. The first-order chi connectivity index (χ1) is 28.8. The Balaban J connectivity index is 1.30. The zero-order valence-electron chi connectivity index (χ0n) is 31.6. The van der Waals surface area contributed by atoms with Crippen molar-refractivity contribution in [1.29, 1.82) is 0 Å². The highest BCUT2D eigenvalue weighted by molar-refractivity contribution is 7.26. The molecule has 0 fully saturated rings. The van der Waals surface area contributed by atoms with E-state index in [1.54, 1.807) is 0 Å². The van der Waals surface area contributed by atoms with Gasteiger partial charge in [0.05, 0.1) is 28.1 Å². The molecular weight excluding hydrogens is 721 g/mol. The average molecular weight is 757 g/mol. The molecule has 0 spiro atoms. The molecule has 8 aromatic carbocycles. The molecule has 2 nitrogen and oxygen atoms in total. The van der Waals surface area contributed by atoms with Gasteiger partial charge >= 0.3 is 0 Å². The maximum absolute atomic E-state index is 5.40. The molecule has 0 saturated carbocycles. The lowest BCUT2D eigenvalue weighted by Gasteiger charge is -2.31. The van der Waals surface area contributed by atoms with Gasteiger partial charge in [0, 0.05) is 53.6 Å². The lowest BCUT2D eigenvalue weighted by atomic mass is 9.73. The third-order valence-electron chi connectivity index (χ3n) is 12.2. The van der Waals surface area contributed by atoms with Crippen molar-refractivity contribution >= 4 is 53.3 Å². The molecule has 3 aromatic heterocycles. The molecule has 272 valence electrons. The van der Waals surface area contributed by atoms with E-state index in [4.69, 9.17) is 4.98 Å². The number of benzene rings is 8.